The van der Waals surface area contributed by atoms with Gasteiger partial charge in [0.2, 0.25) is 0 Å². The van der Waals surface area contributed by atoms with Crippen molar-refractivity contribution in [1.29, 1.82) is 0 Å². The molecule has 2 rings (SSSR count). The molecule has 1 aliphatic rings. The lowest BCUT2D eigenvalue weighted by atomic mass is 9.87. The Kier molecular flexibility index (Phi) is 6.10. The van der Waals surface area contributed by atoms with Gasteiger partial charge < -0.3 is 10.6 Å². The van der Waals surface area contributed by atoms with Crippen molar-refractivity contribution in [3.63, 3.8) is 0 Å². The van der Waals surface area contributed by atoms with Gasteiger partial charge in [-0.2, -0.15) is 0 Å². The number of rotatable bonds is 9. The third-order valence-corrected chi connectivity index (χ3v) is 4.67. The summed E-state index contributed by atoms with van der Waals surface area (Å²) < 4.78 is 0. The monoisotopic (exact) mass is 288 g/mol. The molecule has 2 heteroatoms. The van der Waals surface area contributed by atoms with E-state index in [0.717, 1.165) is 19.6 Å². The van der Waals surface area contributed by atoms with Gasteiger partial charge in [0.05, 0.1) is 0 Å². The van der Waals surface area contributed by atoms with Crippen LogP contribution in [0.3, 0.4) is 0 Å². The van der Waals surface area contributed by atoms with Gasteiger partial charge >= 0.3 is 0 Å². The van der Waals surface area contributed by atoms with Gasteiger partial charge in [0, 0.05) is 24.7 Å². The molecule has 0 radical (unpaired) electrons. The van der Waals surface area contributed by atoms with E-state index in [0.29, 0.717) is 11.3 Å². The molecule has 0 aliphatic carbocycles. The Morgan fingerprint density at radius 2 is 2.05 bits per heavy atom. The van der Waals surface area contributed by atoms with Crippen LogP contribution >= 0.6 is 0 Å². The van der Waals surface area contributed by atoms with Gasteiger partial charge in [-0.15, -0.1) is 0 Å². The van der Waals surface area contributed by atoms with E-state index < -0.39 is 0 Å². The lowest BCUT2D eigenvalue weighted by molar-refractivity contribution is 0.301. The Hall–Kier alpha value is -1.02. The first-order chi connectivity index (χ1) is 10.1. The molecule has 0 aromatic heterocycles. The van der Waals surface area contributed by atoms with Crippen molar-refractivity contribution in [2.45, 2.75) is 58.8 Å². The molecular weight excluding hydrogens is 256 g/mol. The van der Waals surface area contributed by atoms with Gasteiger partial charge in [-0.3, -0.25) is 0 Å². The summed E-state index contributed by atoms with van der Waals surface area (Å²) in [4.78, 5) is 0. The van der Waals surface area contributed by atoms with E-state index >= 15 is 0 Å². The van der Waals surface area contributed by atoms with Crippen LogP contribution < -0.4 is 10.6 Å². The van der Waals surface area contributed by atoms with Crippen LogP contribution in [-0.2, 0) is 0 Å². The average molecular weight is 288 g/mol. The Balaban J connectivity index is 1.66. The predicted molar refractivity (Wildman–Crippen MR) is 93.1 cm³/mol. The maximum atomic E-state index is 3.68. The zero-order chi connectivity index (χ0) is 15.1. The standard InChI is InChI=1S/C19H32N2/c1-4-5-8-12-19(2,3)15-20-13-11-16-14-21-18-10-7-6-9-17(16)18/h6-7,9-10,16,20-21H,4-5,8,11-15H2,1-3H3. The molecule has 0 saturated heterocycles. The summed E-state index contributed by atoms with van der Waals surface area (Å²) in [5, 5.41) is 7.20. The molecule has 21 heavy (non-hydrogen) atoms. The quantitative estimate of drug-likeness (QED) is 0.639. The van der Waals surface area contributed by atoms with Crippen molar-refractivity contribution in [1.82, 2.24) is 5.32 Å². The number of nitrogens with one attached hydrogen (secondary N) is 2. The molecule has 0 fully saturated rings. The van der Waals surface area contributed by atoms with E-state index in [1.807, 2.05) is 0 Å². The molecular formula is C19H32N2. The molecule has 1 heterocycles. The van der Waals surface area contributed by atoms with Gasteiger partial charge in [0.25, 0.3) is 0 Å². The van der Waals surface area contributed by atoms with E-state index in [1.54, 1.807) is 0 Å². The minimum absolute atomic E-state index is 0.432. The number of hydrogen-bond donors (Lipinski definition) is 2. The van der Waals surface area contributed by atoms with Crippen LogP contribution in [0.25, 0.3) is 0 Å². The van der Waals surface area contributed by atoms with E-state index in [4.69, 9.17) is 0 Å². The summed E-state index contributed by atoms with van der Waals surface area (Å²) in [5.41, 5.74) is 3.27. The molecule has 0 spiro atoms. The lowest BCUT2D eigenvalue weighted by Gasteiger charge is -2.25. The second-order valence-electron chi connectivity index (χ2n) is 7.25. The molecule has 118 valence electrons. The smallest absolute Gasteiger partial charge is 0.0376 e. The normalized spacial score (nSPS) is 17.6. The second kappa shape index (κ2) is 7.84. The van der Waals surface area contributed by atoms with Crippen molar-refractivity contribution in [2.24, 2.45) is 5.41 Å². The van der Waals surface area contributed by atoms with Crippen LogP contribution in [-0.4, -0.2) is 19.6 Å². The largest absolute Gasteiger partial charge is 0.384 e. The van der Waals surface area contributed by atoms with Crippen LogP contribution in [0.1, 0.15) is 64.4 Å². The third-order valence-electron chi connectivity index (χ3n) is 4.67. The lowest BCUT2D eigenvalue weighted by Crippen LogP contribution is -2.30. The van der Waals surface area contributed by atoms with Crippen molar-refractivity contribution in [3.8, 4) is 0 Å². The molecule has 0 saturated carbocycles. The molecule has 1 unspecified atom stereocenters. The van der Waals surface area contributed by atoms with Gasteiger partial charge in [0.15, 0.2) is 0 Å². The first kappa shape index (κ1) is 16.4. The summed E-state index contributed by atoms with van der Waals surface area (Å²) in [6.45, 7) is 10.4. The fourth-order valence-electron chi connectivity index (χ4n) is 3.26. The highest BCUT2D eigenvalue weighted by atomic mass is 14.9. The minimum Gasteiger partial charge on any atom is -0.384 e. The van der Waals surface area contributed by atoms with Crippen molar-refractivity contribution in [2.75, 3.05) is 25.0 Å². The Morgan fingerprint density at radius 1 is 1.24 bits per heavy atom. The van der Waals surface area contributed by atoms with Crippen LogP contribution in [0, 0.1) is 5.41 Å². The number of benzene rings is 1. The maximum Gasteiger partial charge on any atom is 0.0376 e. The molecule has 2 nitrogen and oxygen atoms in total. The summed E-state index contributed by atoms with van der Waals surface area (Å²) in [5.74, 6) is 0.678. The average Bonchev–Trinajstić information content (AvgIpc) is 2.87. The molecule has 2 N–H and O–H groups in total. The van der Waals surface area contributed by atoms with E-state index in [2.05, 4.69) is 55.7 Å². The zero-order valence-electron chi connectivity index (χ0n) is 14.0. The zero-order valence-corrected chi connectivity index (χ0v) is 14.0. The van der Waals surface area contributed by atoms with Crippen LogP contribution in [0.5, 0.6) is 0 Å². The third kappa shape index (κ3) is 5.03. The van der Waals surface area contributed by atoms with Crippen molar-refractivity contribution < 1.29 is 0 Å². The van der Waals surface area contributed by atoms with Crippen molar-refractivity contribution >= 4 is 5.69 Å². The Morgan fingerprint density at radius 3 is 2.86 bits per heavy atom. The number of anilines is 1. The molecule has 1 aromatic rings. The highest BCUT2D eigenvalue weighted by molar-refractivity contribution is 5.57. The Bertz CT molecular complexity index is 425. The first-order valence-corrected chi connectivity index (χ1v) is 8.66. The van der Waals surface area contributed by atoms with Gasteiger partial charge in [-0.1, -0.05) is 58.2 Å². The molecule has 1 aliphatic heterocycles. The number of unbranched alkanes of at least 4 members (excludes halogenated alkanes) is 2. The van der Waals surface area contributed by atoms with E-state index in [9.17, 15) is 0 Å². The topological polar surface area (TPSA) is 24.1 Å². The maximum absolute atomic E-state index is 3.68. The minimum atomic E-state index is 0.432. The highest BCUT2D eigenvalue weighted by Crippen LogP contribution is 2.32. The van der Waals surface area contributed by atoms with Crippen LogP contribution in [0.4, 0.5) is 5.69 Å². The summed E-state index contributed by atoms with van der Waals surface area (Å²) in [6.07, 6.45) is 6.62. The van der Waals surface area contributed by atoms with E-state index in [-0.39, 0.29) is 0 Å². The SMILES string of the molecule is CCCCCC(C)(C)CNCCC1CNc2ccccc21. The summed E-state index contributed by atoms with van der Waals surface area (Å²) >= 11 is 0. The number of hydrogen-bond acceptors (Lipinski definition) is 2. The van der Waals surface area contributed by atoms with Crippen molar-refractivity contribution in [3.05, 3.63) is 29.8 Å². The van der Waals surface area contributed by atoms with Gasteiger partial charge in [-0.25, -0.2) is 0 Å². The predicted octanol–water partition coefficient (Wildman–Crippen LogP) is 4.78. The van der Waals surface area contributed by atoms with Gasteiger partial charge in [-0.05, 0) is 36.4 Å². The Labute approximate surface area is 130 Å². The van der Waals surface area contributed by atoms with Crippen LogP contribution in [0.15, 0.2) is 24.3 Å². The van der Waals surface area contributed by atoms with E-state index in [1.165, 1.54) is 43.4 Å². The fraction of sp³-hybridized carbons (Fsp3) is 0.684. The molecule has 1 aromatic carbocycles. The molecule has 0 bridgehead atoms. The number of para-hydroxylation sites is 1. The second-order valence-corrected chi connectivity index (χ2v) is 7.25. The van der Waals surface area contributed by atoms with Gasteiger partial charge in [0.1, 0.15) is 0 Å². The highest BCUT2D eigenvalue weighted by Gasteiger charge is 2.21. The molecule has 1 atom stereocenters. The summed E-state index contributed by atoms with van der Waals surface area (Å²) in [7, 11) is 0. The van der Waals surface area contributed by atoms with Crippen LogP contribution in [0.2, 0.25) is 0 Å². The molecule has 0 amide bonds. The summed E-state index contributed by atoms with van der Waals surface area (Å²) in [6, 6.07) is 8.74. The fourth-order valence-corrected chi connectivity index (χ4v) is 3.26. The first-order valence-electron chi connectivity index (χ1n) is 8.66. The number of fused-ring (bicyclic) bond motifs is 1.